The fourth-order valence-corrected chi connectivity index (χ4v) is 13.0. The maximum absolute atomic E-state index is 13.8. The first-order valence-corrected chi connectivity index (χ1v) is 28.5. The molecule has 388 valence electrons. The van der Waals surface area contributed by atoms with Crippen molar-refractivity contribution < 1.29 is 55.1 Å². The molecule has 4 N–H and O–H groups in total. The standard InChI is InChI=1S/C25H34IN3O6S.C25H33N3O6S/c1-3-4-10-22(30)27-23(17-8-6-5-7-9-17)24(31)29-16-19(15-21(29)25(32)35-2)28-36(33,34)20-13-11-18(26)12-14-20;1-34-25(31)21-15-19-16-28(21)24(30)23(18-8-3-2-4-9-18)26-22(29)10-6-5-7-17-11-13-20(14-12-17)35(32,33)27-19/h3,11-14,17,19,21,23,28H,1,4-10,15-16H2,2H3,(H,27,30);5,7,11-14,18-19,21,23,27H,2-4,6,8-10,15-16H2,1H3,(H,26,29)/t19-,21-,23+;19-,21?,23?/m11/s1. The highest BCUT2D eigenvalue weighted by atomic mass is 127. The van der Waals surface area contributed by atoms with E-state index in [1.807, 2.05) is 12.2 Å². The number of halogens is 1. The molecule has 4 heterocycles. The number of ether oxygens (including phenoxy) is 2. The molecular weight excluding hydrogens is 1070 g/mol. The number of methoxy groups -OCH3 is 2. The Morgan fingerprint density at radius 2 is 1.51 bits per heavy atom. The lowest BCUT2D eigenvalue weighted by atomic mass is 9.83. The summed E-state index contributed by atoms with van der Waals surface area (Å²) in [6.07, 6.45) is 16.3. The van der Waals surface area contributed by atoms with Crippen LogP contribution in [0.3, 0.4) is 0 Å². The number of nitrogens with zero attached hydrogens (tertiary/aromatic N) is 2. The SMILES string of the molecule is C=CCCC(=O)N[C@H](C(=O)N1C[C@H](NS(=O)(=O)c2ccc(I)cc2)C[C@@H]1C(=O)OC)C1CCCCC1.COC(=O)C1C[C@@H]2CN1C(=O)C(C1CCCCC1)NC(=O)CCC=Cc1ccc(cc1)S(=O)(=O)N2. The fraction of sp³-hybridized carbons (Fsp3) is 0.560. The second kappa shape index (κ2) is 25.8. The van der Waals surface area contributed by atoms with Crippen LogP contribution in [0.2, 0.25) is 0 Å². The Kier molecular flexibility index (Phi) is 20.2. The van der Waals surface area contributed by atoms with E-state index in [1.165, 1.54) is 48.3 Å². The molecule has 2 saturated carbocycles. The summed E-state index contributed by atoms with van der Waals surface area (Å²) in [6, 6.07) is 8.11. The number of hydrogen-bond acceptors (Lipinski definition) is 12. The molecule has 2 aliphatic carbocycles. The van der Waals surface area contributed by atoms with E-state index < -0.39 is 68.2 Å². The summed E-state index contributed by atoms with van der Waals surface area (Å²) in [6.45, 7) is 3.67. The molecule has 4 bridgehead atoms. The molecule has 18 nitrogen and oxygen atoms in total. The molecule has 6 aliphatic rings. The van der Waals surface area contributed by atoms with Gasteiger partial charge in [-0.15, -0.1) is 6.58 Å². The number of amides is 4. The van der Waals surface area contributed by atoms with Crippen LogP contribution in [0.4, 0.5) is 0 Å². The van der Waals surface area contributed by atoms with E-state index >= 15 is 0 Å². The smallest absolute Gasteiger partial charge is 0.328 e. The first-order valence-electron chi connectivity index (χ1n) is 24.5. The number of esters is 2. The summed E-state index contributed by atoms with van der Waals surface area (Å²) in [5.74, 6) is -2.47. The summed E-state index contributed by atoms with van der Waals surface area (Å²) in [5, 5.41) is 5.85. The second-order valence-corrected chi connectivity index (χ2v) is 23.5. The van der Waals surface area contributed by atoms with Crippen LogP contribution in [0.1, 0.15) is 108 Å². The van der Waals surface area contributed by atoms with Crippen LogP contribution in [0.5, 0.6) is 0 Å². The summed E-state index contributed by atoms with van der Waals surface area (Å²) < 4.78 is 68.0. The number of carbonyl (C=O) groups is 6. The van der Waals surface area contributed by atoms with E-state index in [0.717, 1.165) is 73.3 Å². The summed E-state index contributed by atoms with van der Waals surface area (Å²) in [7, 11) is -5.23. The number of fused-ring (bicyclic) bond motifs is 9. The molecule has 71 heavy (non-hydrogen) atoms. The van der Waals surface area contributed by atoms with Crippen molar-refractivity contribution in [1.82, 2.24) is 29.9 Å². The van der Waals surface area contributed by atoms with Gasteiger partial charge in [-0.25, -0.2) is 35.9 Å². The normalized spacial score (nSPS) is 24.7. The third-order valence-corrected chi connectivity index (χ3v) is 17.7. The molecule has 2 unspecified atom stereocenters. The Bertz CT molecular complexity index is 2480. The van der Waals surface area contributed by atoms with Gasteiger partial charge in [0.25, 0.3) is 0 Å². The molecule has 4 aliphatic heterocycles. The van der Waals surface area contributed by atoms with Gasteiger partial charge in [0.15, 0.2) is 0 Å². The van der Waals surface area contributed by atoms with Crippen LogP contribution in [0.25, 0.3) is 6.08 Å². The number of nitrogens with one attached hydrogen (secondary N) is 4. The van der Waals surface area contributed by atoms with Crippen LogP contribution in [-0.4, -0.2) is 126 Å². The quantitative estimate of drug-likeness (QED) is 0.128. The molecule has 2 aromatic carbocycles. The lowest BCUT2D eigenvalue weighted by Crippen LogP contribution is -2.55. The van der Waals surface area contributed by atoms with Gasteiger partial charge in [-0.2, -0.15) is 0 Å². The Balaban J connectivity index is 0.000000232. The van der Waals surface area contributed by atoms with E-state index in [-0.39, 0.29) is 84.0 Å². The molecular formula is C50H67IN6O12S2. The number of sulfonamides is 2. The van der Waals surface area contributed by atoms with Crippen molar-refractivity contribution in [3.8, 4) is 0 Å². The highest BCUT2D eigenvalue weighted by molar-refractivity contribution is 14.1. The van der Waals surface area contributed by atoms with Crippen LogP contribution in [0.15, 0.2) is 77.1 Å². The first kappa shape index (κ1) is 55.6. The zero-order valence-electron chi connectivity index (χ0n) is 40.4. The van der Waals surface area contributed by atoms with Crippen LogP contribution >= 0.6 is 22.6 Å². The van der Waals surface area contributed by atoms with Gasteiger partial charge in [-0.1, -0.05) is 68.9 Å². The minimum Gasteiger partial charge on any atom is -0.467 e. The molecule has 21 heteroatoms. The van der Waals surface area contributed by atoms with Gasteiger partial charge in [0.05, 0.1) is 24.0 Å². The Hall–Kier alpha value is -4.71. The topological polar surface area (TPSA) is 244 Å². The zero-order valence-corrected chi connectivity index (χ0v) is 44.2. The molecule has 0 radical (unpaired) electrons. The average Bonchev–Trinajstić information content (AvgIpc) is 3.99. The molecule has 0 spiro atoms. The summed E-state index contributed by atoms with van der Waals surface area (Å²) >= 11 is 2.09. The van der Waals surface area contributed by atoms with Crippen LogP contribution in [0, 0.1) is 15.4 Å². The first-order chi connectivity index (χ1) is 33.9. The predicted octanol–water partition coefficient (Wildman–Crippen LogP) is 4.72. The van der Waals surface area contributed by atoms with Gasteiger partial charge < -0.3 is 29.9 Å². The van der Waals surface area contributed by atoms with Crippen LogP contribution in [-0.2, 0) is 58.3 Å². The number of benzene rings is 2. The van der Waals surface area contributed by atoms with Crippen molar-refractivity contribution in [3.05, 3.63) is 76.4 Å². The van der Waals surface area contributed by atoms with E-state index in [4.69, 9.17) is 9.47 Å². The number of rotatable bonds is 12. The minimum atomic E-state index is -3.86. The van der Waals surface area contributed by atoms with Gasteiger partial charge in [-0.3, -0.25) is 19.2 Å². The van der Waals surface area contributed by atoms with Gasteiger partial charge in [-0.05, 0) is 128 Å². The summed E-state index contributed by atoms with van der Waals surface area (Å²) in [4.78, 5) is 81.2. The van der Waals surface area contributed by atoms with Crippen LogP contribution < -0.4 is 20.1 Å². The largest absolute Gasteiger partial charge is 0.467 e. The Morgan fingerprint density at radius 3 is 2.14 bits per heavy atom. The monoisotopic (exact) mass is 1130 g/mol. The lowest BCUT2D eigenvalue weighted by molar-refractivity contribution is -0.152. The zero-order chi connectivity index (χ0) is 51.3. The van der Waals surface area contributed by atoms with E-state index in [1.54, 1.807) is 30.3 Å². The van der Waals surface area contributed by atoms with Crippen molar-refractivity contribution in [2.75, 3.05) is 27.3 Å². The van der Waals surface area contributed by atoms with Crippen molar-refractivity contribution in [2.45, 2.75) is 149 Å². The number of hydrogen-bond donors (Lipinski definition) is 4. The van der Waals surface area contributed by atoms with Crippen molar-refractivity contribution in [2.24, 2.45) is 11.8 Å². The molecule has 4 fully saturated rings. The highest BCUT2D eigenvalue weighted by Gasteiger charge is 2.47. The fourth-order valence-electron chi connectivity index (χ4n) is 10.2. The van der Waals surface area contributed by atoms with Gasteiger partial charge in [0.1, 0.15) is 24.2 Å². The molecule has 6 atom stereocenters. The number of allylic oxidation sites excluding steroid dienone is 2. The number of likely N-dealkylation sites (tertiary alicyclic amines) is 1. The average molecular weight is 1140 g/mol. The molecule has 4 amide bonds. The lowest BCUT2D eigenvalue weighted by Gasteiger charge is -2.34. The van der Waals surface area contributed by atoms with Gasteiger partial charge in [0.2, 0.25) is 43.7 Å². The molecule has 8 rings (SSSR count). The Morgan fingerprint density at radius 1 is 0.873 bits per heavy atom. The number of carbonyl (C=O) groups excluding carboxylic acids is 6. The predicted molar refractivity (Wildman–Crippen MR) is 273 cm³/mol. The van der Waals surface area contributed by atoms with E-state index in [2.05, 4.69) is 49.2 Å². The summed E-state index contributed by atoms with van der Waals surface area (Å²) in [5.41, 5.74) is 0.821. The van der Waals surface area contributed by atoms with Gasteiger partial charge in [0, 0.05) is 41.6 Å². The second-order valence-electron chi connectivity index (χ2n) is 18.8. The minimum absolute atomic E-state index is 0.00788. The van der Waals surface area contributed by atoms with Crippen molar-refractivity contribution >= 4 is 84.3 Å². The van der Waals surface area contributed by atoms with Crippen molar-refractivity contribution in [3.63, 3.8) is 0 Å². The molecule has 2 saturated heterocycles. The third-order valence-electron chi connectivity index (χ3n) is 13.9. The van der Waals surface area contributed by atoms with E-state index in [0.29, 0.717) is 12.8 Å². The molecule has 0 aromatic heterocycles. The third kappa shape index (κ3) is 14.9. The molecule has 2 aromatic rings. The Labute approximate surface area is 431 Å². The van der Waals surface area contributed by atoms with E-state index in [9.17, 15) is 45.6 Å². The maximum Gasteiger partial charge on any atom is 0.328 e. The van der Waals surface area contributed by atoms with Crippen molar-refractivity contribution in [1.29, 1.82) is 0 Å². The maximum atomic E-state index is 13.8. The highest BCUT2D eigenvalue weighted by Crippen LogP contribution is 2.32. The van der Waals surface area contributed by atoms with Gasteiger partial charge >= 0.3 is 11.9 Å².